The zero-order valence-corrected chi connectivity index (χ0v) is 18.4. The van der Waals surface area contributed by atoms with Crippen molar-refractivity contribution in [1.82, 2.24) is 4.90 Å². The second-order valence-electron chi connectivity index (χ2n) is 8.14. The average Bonchev–Trinajstić information content (AvgIpc) is 3.32. The Morgan fingerprint density at radius 3 is 2.27 bits per heavy atom. The van der Waals surface area contributed by atoms with E-state index in [0.29, 0.717) is 17.1 Å². The lowest BCUT2D eigenvalue weighted by molar-refractivity contribution is 0.0600. The topological polar surface area (TPSA) is 71.5 Å². The van der Waals surface area contributed by atoms with Crippen LogP contribution in [0.1, 0.15) is 27.5 Å². The van der Waals surface area contributed by atoms with Crippen LogP contribution in [-0.4, -0.2) is 56.1 Å². The van der Waals surface area contributed by atoms with Gasteiger partial charge in [-0.1, -0.05) is 30.3 Å². The molecule has 170 valence electrons. The molecule has 0 amide bonds. The van der Waals surface area contributed by atoms with E-state index in [1.165, 1.54) is 12.8 Å². The molecule has 2 aliphatic rings. The van der Waals surface area contributed by atoms with Gasteiger partial charge in [0, 0.05) is 43.5 Å². The normalized spacial score (nSPS) is 16.5. The van der Waals surface area contributed by atoms with E-state index in [2.05, 4.69) is 34.1 Å². The second-order valence-corrected chi connectivity index (χ2v) is 8.14. The molecule has 1 fully saturated rings. The van der Waals surface area contributed by atoms with Crippen LogP contribution in [0, 0.1) is 0 Å². The molecule has 7 heteroatoms. The van der Waals surface area contributed by atoms with Gasteiger partial charge in [-0.05, 0) is 35.9 Å². The van der Waals surface area contributed by atoms with Crippen molar-refractivity contribution in [2.75, 3.05) is 45.0 Å². The maximum absolute atomic E-state index is 11.9. The predicted octanol–water partition coefficient (Wildman–Crippen LogP) is 3.82. The Morgan fingerprint density at radius 1 is 0.939 bits per heavy atom. The third kappa shape index (κ3) is 4.19. The SMILES string of the molecule is COC(=O)c1ccc([C@@H](c2cc3c(cc2O)OCO3)N2CCN(c3ccccc3)CC2)cc1. The number of fused-ring (bicyclic) bond motifs is 1. The maximum atomic E-state index is 11.9. The number of aromatic hydroxyl groups is 1. The molecule has 2 aliphatic heterocycles. The zero-order valence-electron chi connectivity index (χ0n) is 18.4. The van der Waals surface area contributed by atoms with Gasteiger partial charge in [-0.15, -0.1) is 0 Å². The van der Waals surface area contributed by atoms with E-state index in [1.807, 2.05) is 24.3 Å². The molecule has 1 atom stereocenters. The van der Waals surface area contributed by atoms with Gasteiger partial charge in [-0.2, -0.15) is 0 Å². The highest BCUT2D eigenvalue weighted by Gasteiger charge is 2.30. The van der Waals surface area contributed by atoms with Crippen LogP contribution in [0.2, 0.25) is 0 Å². The van der Waals surface area contributed by atoms with Crippen LogP contribution in [0.3, 0.4) is 0 Å². The number of carbonyl (C=O) groups is 1. The third-order valence-electron chi connectivity index (χ3n) is 6.26. The van der Waals surface area contributed by atoms with Crippen LogP contribution in [0.25, 0.3) is 0 Å². The van der Waals surface area contributed by atoms with Crippen LogP contribution in [-0.2, 0) is 4.74 Å². The molecule has 1 saturated heterocycles. The van der Waals surface area contributed by atoms with Crippen molar-refractivity contribution in [3.8, 4) is 17.2 Å². The van der Waals surface area contributed by atoms with Gasteiger partial charge >= 0.3 is 5.97 Å². The number of phenols is 1. The van der Waals surface area contributed by atoms with Crippen molar-refractivity contribution < 1.29 is 24.1 Å². The number of benzene rings is 3. The molecule has 33 heavy (non-hydrogen) atoms. The number of nitrogens with zero attached hydrogens (tertiary/aromatic N) is 2. The lowest BCUT2D eigenvalue weighted by Crippen LogP contribution is -2.48. The van der Waals surface area contributed by atoms with Crippen LogP contribution in [0.15, 0.2) is 66.7 Å². The lowest BCUT2D eigenvalue weighted by Gasteiger charge is -2.40. The summed E-state index contributed by atoms with van der Waals surface area (Å²) >= 11 is 0. The van der Waals surface area contributed by atoms with E-state index in [-0.39, 0.29) is 24.6 Å². The number of methoxy groups -OCH3 is 1. The highest BCUT2D eigenvalue weighted by Crippen LogP contribution is 2.43. The fourth-order valence-electron chi connectivity index (χ4n) is 4.55. The lowest BCUT2D eigenvalue weighted by atomic mass is 9.94. The molecule has 5 rings (SSSR count). The van der Waals surface area contributed by atoms with Crippen molar-refractivity contribution in [3.05, 3.63) is 83.4 Å². The number of phenolic OH excluding ortho intramolecular Hbond substituents is 1. The van der Waals surface area contributed by atoms with Crippen LogP contribution in [0.5, 0.6) is 17.2 Å². The van der Waals surface area contributed by atoms with E-state index in [0.717, 1.165) is 37.3 Å². The van der Waals surface area contributed by atoms with Gasteiger partial charge in [0.05, 0.1) is 18.7 Å². The molecule has 3 aromatic rings. The van der Waals surface area contributed by atoms with Gasteiger partial charge in [0.2, 0.25) is 6.79 Å². The molecule has 7 nitrogen and oxygen atoms in total. The Hall–Kier alpha value is -3.71. The molecular weight excluding hydrogens is 420 g/mol. The fourth-order valence-corrected chi connectivity index (χ4v) is 4.55. The number of hydrogen-bond donors (Lipinski definition) is 1. The summed E-state index contributed by atoms with van der Waals surface area (Å²) in [6.07, 6.45) is 0. The van der Waals surface area contributed by atoms with Crippen molar-refractivity contribution in [1.29, 1.82) is 0 Å². The van der Waals surface area contributed by atoms with Gasteiger partial charge in [0.25, 0.3) is 0 Å². The van der Waals surface area contributed by atoms with Gasteiger partial charge in [0.15, 0.2) is 11.5 Å². The van der Waals surface area contributed by atoms with Gasteiger partial charge in [-0.25, -0.2) is 4.79 Å². The first kappa shape index (κ1) is 21.2. The Balaban J connectivity index is 1.47. The van der Waals surface area contributed by atoms with E-state index in [4.69, 9.17) is 14.2 Å². The molecule has 0 aliphatic carbocycles. The Kier molecular flexibility index (Phi) is 5.79. The van der Waals surface area contributed by atoms with E-state index >= 15 is 0 Å². The average molecular weight is 447 g/mol. The molecule has 3 aromatic carbocycles. The summed E-state index contributed by atoms with van der Waals surface area (Å²) in [5.41, 5.74) is 3.43. The van der Waals surface area contributed by atoms with E-state index in [1.54, 1.807) is 18.2 Å². The molecule has 0 radical (unpaired) electrons. The van der Waals surface area contributed by atoms with E-state index in [9.17, 15) is 9.90 Å². The van der Waals surface area contributed by atoms with Crippen molar-refractivity contribution >= 4 is 11.7 Å². The Bertz CT molecular complexity index is 1130. The van der Waals surface area contributed by atoms with Crippen LogP contribution in [0.4, 0.5) is 5.69 Å². The molecule has 0 saturated carbocycles. The smallest absolute Gasteiger partial charge is 0.337 e. The summed E-state index contributed by atoms with van der Waals surface area (Å²) in [6.45, 7) is 3.50. The molecule has 2 heterocycles. The molecule has 0 aromatic heterocycles. The number of anilines is 1. The number of para-hydroxylation sites is 1. The maximum Gasteiger partial charge on any atom is 0.337 e. The first-order valence-electron chi connectivity index (χ1n) is 11.0. The number of esters is 1. The number of piperazine rings is 1. The summed E-state index contributed by atoms with van der Waals surface area (Å²) in [5.74, 6) is 0.958. The quantitative estimate of drug-likeness (QED) is 0.598. The predicted molar refractivity (Wildman–Crippen MR) is 124 cm³/mol. The second kappa shape index (κ2) is 9.03. The Labute approximate surface area is 192 Å². The number of rotatable bonds is 5. The van der Waals surface area contributed by atoms with Crippen molar-refractivity contribution in [2.24, 2.45) is 0 Å². The zero-order chi connectivity index (χ0) is 22.8. The summed E-state index contributed by atoms with van der Waals surface area (Å²) < 4.78 is 15.9. The molecular formula is C26H26N2O5. The molecule has 0 spiro atoms. The van der Waals surface area contributed by atoms with Crippen molar-refractivity contribution in [2.45, 2.75) is 6.04 Å². The minimum Gasteiger partial charge on any atom is -0.507 e. The van der Waals surface area contributed by atoms with Crippen molar-refractivity contribution in [3.63, 3.8) is 0 Å². The standard InChI is InChI=1S/C26H26N2O5/c1-31-26(30)19-9-7-18(8-10-19)25(21-15-23-24(16-22(21)29)33-17-32-23)28-13-11-27(12-14-28)20-5-3-2-4-6-20/h2-10,15-16,25,29H,11-14,17H2,1H3/t25-/m0/s1. The highest BCUT2D eigenvalue weighted by atomic mass is 16.7. The summed E-state index contributed by atoms with van der Waals surface area (Å²) in [7, 11) is 1.37. The highest BCUT2D eigenvalue weighted by molar-refractivity contribution is 5.89. The number of hydrogen-bond acceptors (Lipinski definition) is 7. The Morgan fingerprint density at radius 2 is 1.61 bits per heavy atom. The monoisotopic (exact) mass is 446 g/mol. The van der Waals surface area contributed by atoms with E-state index < -0.39 is 0 Å². The summed E-state index contributed by atoms with van der Waals surface area (Å²) in [4.78, 5) is 16.6. The largest absolute Gasteiger partial charge is 0.507 e. The third-order valence-corrected chi connectivity index (χ3v) is 6.26. The minimum absolute atomic E-state index is 0.145. The van der Waals surface area contributed by atoms with Gasteiger partial charge in [-0.3, -0.25) is 4.90 Å². The molecule has 1 N–H and O–H groups in total. The first-order chi connectivity index (χ1) is 16.1. The summed E-state index contributed by atoms with van der Waals surface area (Å²) in [6, 6.07) is 21.0. The molecule has 0 bridgehead atoms. The molecule has 0 unspecified atom stereocenters. The van der Waals surface area contributed by atoms with Crippen LogP contribution < -0.4 is 14.4 Å². The minimum atomic E-state index is -0.375. The summed E-state index contributed by atoms with van der Waals surface area (Å²) in [5, 5.41) is 10.9. The fraction of sp³-hybridized carbons (Fsp3) is 0.269. The number of carbonyl (C=O) groups excluding carboxylic acids is 1. The van der Waals surface area contributed by atoms with Gasteiger partial charge < -0.3 is 24.2 Å². The first-order valence-corrected chi connectivity index (χ1v) is 11.0. The van der Waals surface area contributed by atoms with Crippen LogP contribution >= 0.6 is 0 Å². The van der Waals surface area contributed by atoms with Gasteiger partial charge in [0.1, 0.15) is 5.75 Å². The number of ether oxygens (including phenoxy) is 3.